The maximum atomic E-state index is 12.3. The number of carbonyl (C=O) groups excluding carboxylic acids is 1. The lowest BCUT2D eigenvalue weighted by Crippen LogP contribution is -2.14. The van der Waals surface area contributed by atoms with Crippen LogP contribution in [0.5, 0.6) is 0 Å². The fourth-order valence-corrected chi connectivity index (χ4v) is 2.86. The van der Waals surface area contributed by atoms with Crippen molar-refractivity contribution in [3.05, 3.63) is 88.8 Å². The Balaban J connectivity index is 1.77. The van der Waals surface area contributed by atoms with Gasteiger partial charge in [-0.1, -0.05) is 47.5 Å². The Kier molecular flexibility index (Phi) is 5.10. The summed E-state index contributed by atoms with van der Waals surface area (Å²) in [6.07, 6.45) is 1.43. The summed E-state index contributed by atoms with van der Waals surface area (Å²) in [4.78, 5) is 21.3. The molecule has 4 rings (SSSR count). The first-order valence-corrected chi connectivity index (χ1v) is 9.10. The Morgan fingerprint density at radius 2 is 1.36 bits per heavy atom. The molecule has 0 unspecified atom stereocenters. The molecule has 1 amide bonds. The number of rotatable bonds is 4. The second-order valence-electron chi connectivity index (χ2n) is 5.91. The van der Waals surface area contributed by atoms with E-state index in [2.05, 4.69) is 15.3 Å². The molecule has 0 aliphatic heterocycles. The van der Waals surface area contributed by atoms with Gasteiger partial charge in [-0.25, -0.2) is 9.97 Å². The number of anilines is 1. The Bertz CT molecular complexity index is 1050. The van der Waals surface area contributed by atoms with E-state index in [0.717, 1.165) is 11.1 Å². The van der Waals surface area contributed by atoms with Crippen LogP contribution in [0.2, 0.25) is 10.0 Å². The van der Waals surface area contributed by atoms with Gasteiger partial charge in [-0.2, -0.15) is 0 Å². The van der Waals surface area contributed by atoms with Crippen molar-refractivity contribution in [3.63, 3.8) is 0 Å². The lowest BCUT2D eigenvalue weighted by atomic mass is 10.1. The van der Waals surface area contributed by atoms with Crippen LogP contribution in [0.4, 0.5) is 5.95 Å². The number of nitrogens with one attached hydrogen (secondary N) is 1. The first-order chi connectivity index (χ1) is 13.6. The molecular weight excluding hydrogens is 397 g/mol. The summed E-state index contributed by atoms with van der Waals surface area (Å²) < 4.78 is 5.13. The number of furan rings is 1. The van der Waals surface area contributed by atoms with Gasteiger partial charge in [-0.05, 0) is 42.5 Å². The zero-order chi connectivity index (χ0) is 19.5. The fourth-order valence-electron chi connectivity index (χ4n) is 2.61. The first-order valence-electron chi connectivity index (χ1n) is 8.34. The number of hydrogen-bond acceptors (Lipinski definition) is 4. The zero-order valence-corrected chi connectivity index (χ0v) is 15.9. The standard InChI is InChI=1S/C21H13Cl2N3O2/c22-15-7-3-13(4-8-15)17-12-18(14-5-9-16(23)10-6-14)25-21(24-17)26-20(27)19-2-1-11-28-19/h1-12H,(H,24,25,26,27). The highest BCUT2D eigenvalue weighted by Crippen LogP contribution is 2.27. The van der Waals surface area contributed by atoms with Crippen LogP contribution in [0.15, 0.2) is 77.4 Å². The van der Waals surface area contributed by atoms with Crippen LogP contribution in [-0.4, -0.2) is 15.9 Å². The highest BCUT2D eigenvalue weighted by Gasteiger charge is 2.14. The molecule has 28 heavy (non-hydrogen) atoms. The molecule has 0 bridgehead atoms. The molecule has 0 atom stereocenters. The van der Waals surface area contributed by atoms with E-state index in [4.69, 9.17) is 27.6 Å². The van der Waals surface area contributed by atoms with Crippen molar-refractivity contribution in [3.8, 4) is 22.5 Å². The number of carbonyl (C=O) groups is 1. The van der Waals surface area contributed by atoms with Crippen molar-refractivity contribution >= 4 is 35.1 Å². The number of nitrogens with zero attached hydrogens (tertiary/aromatic N) is 2. The number of hydrogen-bond donors (Lipinski definition) is 1. The number of amides is 1. The topological polar surface area (TPSA) is 68.0 Å². The molecule has 0 aliphatic rings. The van der Waals surface area contributed by atoms with Crippen LogP contribution in [0.1, 0.15) is 10.6 Å². The van der Waals surface area contributed by atoms with E-state index in [0.29, 0.717) is 21.4 Å². The van der Waals surface area contributed by atoms with Gasteiger partial charge in [0.15, 0.2) is 5.76 Å². The Hall–Kier alpha value is -3.15. The van der Waals surface area contributed by atoms with E-state index < -0.39 is 5.91 Å². The molecule has 1 N–H and O–H groups in total. The predicted octanol–water partition coefficient (Wildman–Crippen LogP) is 5.96. The van der Waals surface area contributed by atoms with Crippen molar-refractivity contribution in [1.29, 1.82) is 0 Å². The van der Waals surface area contributed by atoms with E-state index in [1.165, 1.54) is 6.26 Å². The highest BCUT2D eigenvalue weighted by molar-refractivity contribution is 6.30. The second-order valence-corrected chi connectivity index (χ2v) is 6.78. The summed E-state index contributed by atoms with van der Waals surface area (Å²) in [6, 6.07) is 19.6. The Labute approximate surface area is 171 Å². The minimum atomic E-state index is -0.430. The van der Waals surface area contributed by atoms with E-state index in [1.807, 2.05) is 30.3 Å². The van der Waals surface area contributed by atoms with Gasteiger partial charge in [0.05, 0.1) is 17.7 Å². The van der Waals surface area contributed by atoms with Crippen LogP contribution >= 0.6 is 23.2 Å². The molecule has 7 heteroatoms. The number of benzene rings is 2. The third-order valence-electron chi connectivity index (χ3n) is 3.98. The molecule has 0 radical (unpaired) electrons. The molecular formula is C21H13Cl2N3O2. The molecule has 5 nitrogen and oxygen atoms in total. The van der Waals surface area contributed by atoms with Crippen molar-refractivity contribution in [1.82, 2.24) is 9.97 Å². The lowest BCUT2D eigenvalue weighted by molar-refractivity contribution is 0.0996. The molecule has 0 spiro atoms. The normalized spacial score (nSPS) is 10.6. The summed E-state index contributed by atoms with van der Waals surface area (Å²) >= 11 is 12.0. The SMILES string of the molecule is O=C(Nc1nc(-c2ccc(Cl)cc2)cc(-c2ccc(Cl)cc2)n1)c1ccco1. The largest absolute Gasteiger partial charge is 0.459 e. The minimum Gasteiger partial charge on any atom is -0.459 e. The van der Waals surface area contributed by atoms with Gasteiger partial charge in [0.25, 0.3) is 5.91 Å². The fraction of sp³-hybridized carbons (Fsp3) is 0. The maximum absolute atomic E-state index is 12.3. The third kappa shape index (κ3) is 4.06. The van der Waals surface area contributed by atoms with Crippen LogP contribution in [0.3, 0.4) is 0 Å². The van der Waals surface area contributed by atoms with Crippen molar-refractivity contribution in [2.24, 2.45) is 0 Å². The Morgan fingerprint density at radius 3 is 1.82 bits per heavy atom. The average molecular weight is 410 g/mol. The monoisotopic (exact) mass is 409 g/mol. The molecule has 138 valence electrons. The van der Waals surface area contributed by atoms with Gasteiger partial charge < -0.3 is 4.42 Å². The van der Waals surface area contributed by atoms with Gasteiger partial charge in [-0.3, -0.25) is 10.1 Å². The first kappa shape index (κ1) is 18.2. The highest BCUT2D eigenvalue weighted by atomic mass is 35.5. The molecule has 0 fully saturated rings. The number of aromatic nitrogens is 2. The molecule has 2 heterocycles. The minimum absolute atomic E-state index is 0.166. The Morgan fingerprint density at radius 1 is 0.821 bits per heavy atom. The van der Waals surface area contributed by atoms with Gasteiger partial charge in [-0.15, -0.1) is 0 Å². The quantitative estimate of drug-likeness (QED) is 0.451. The van der Waals surface area contributed by atoms with Crippen LogP contribution in [0, 0.1) is 0 Å². The molecule has 4 aromatic rings. The van der Waals surface area contributed by atoms with Crippen molar-refractivity contribution in [2.45, 2.75) is 0 Å². The van der Waals surface area contributed by atoms with Crippen LogP contribution < -0.4 is 5.32 Å². The summed E-state index contributed by atoms with van der Waals surface area (Å²) in [6.45, 7) is 0. The summed E-state index contributed by atoms with van der Waals surface area (Å²) in [5, 5.41) is 3.93. The molecule has 0 aliphatic carbocycles. The smallest absolute Gasteiger partial charge is 0.293 e. The van der Waals surface area contributed by atoms with E-state index in [1.54, 1.807) is 36.4 Å². The summed E-state index contributed by atoms with van der Waals surface area (Å²) in [5.74, 6) is -0.0901. The van der Waals surface area contributed by atoms with Crippen LogP contribution in [-0.2, 0) is 0 Å². The lowest BCUT2D eigenvalue weighted by Gasteiger charge is -2.09. The van der Waals surface area contributed by atoms with Gasteiger partial charge in [0.2, 0.25) is 5.95 Å². The molecule has 0 saturated heterocycles. The zero-order valence-electron chi connectivity index (χ0n) is 14.4. The van der Waals surface area contributed by atoms with E-state index in [9.17, 15) is 4.79 Å². The third-order valence-corrected chi connectivity index (χ3v) is 4.48. The maximum Gasteiger partial charge on any atom is 0.293 e. The van der Waals surface area contributed by atoms with Gasteiger partial charge in [0.1, 0.15) is 0 Å². The molecule has 2 aromatic carbocycles. The molecule has 2 aromatic heterocycles. The number of halogens is 2. The molecule has 0 saturated carbocycles. The van der Waals surface area contributed by atoms with Crippen molar-refractivity contribution < 1.29 is 9.21 Å². The van der Waals surface area contributed by atoms with Crippen molar-refractivity contribution in [2.75, 3.05) is 5.32 Å². The predicted molar refractivity (Wildman–Crippen MR) is 110 cm³/mol. The van der Waals surface area contributed by atoms with E-state index in [-0.39, 0.29) is 11.7 Å². The summed E-state index contributed by atoms with van der Waals surface area (Å²) in [5.41, 5.74) is 2.98. The van der Waals surface area contributed by atoms with E-state index >= 15 is 0 Å². The second kappa shape index (κ2) is 7.84. The average Bonchev–Trinajstić information content (AvgIpc) is 3.24. The van der Waals surface area contributed by atoms with Gasteiger partial charge >= 0.3 is 0 Å². The van der Waals surface area contributed by atoms with Crippen LogP contribution in [0.25, 0.3) is 22.5 Å². The summed E-state index contributed by atoms with van der Waals surface area (Å²) in [7, 11) is 0. The van der Waals surface area contributed by atoms with Gasteiger partial charge in [0, 0.05) is 21.2 Å².